The monoisotopic (exact) mass is 334 g/mol. The smallest absolute Gasteiger partial charge is 0.259 e. The molecule has 1 aliphatic carbocycles. The first-order valence-electron chi connectivity index (χ1n) is 9.00. The van der Waals surface area contributed by atoms with E-state index in [1.165, 1.54) is 38.2 Å². The Balaban J connectivity index is 1.74. The minimum Gasteiger partial charge on any atom is -0.322 e. The Morgan fingerprint density at radius 3 is 2.76 bits per heavy atom. The summed E-state index contributed by atoms with van der Waals surface area (Å²) >= 11 is 0. The SMILES string of the molecule is C=CC(=O)Nc1ccc2c3c(cccc13)C(=O)N2CC1CCCCC1. The van der Waals surface area contributed by atoms with Crippen LogP contribution in [0.2, 0.25) is 0 Å². The van der Waals surface area contributed by atoms with Crippen molar-refractivity contribution in [3.05, 3.63) is 48.6 Å². The highest BCUT2D eigenvalue weighted by molar-refractivity contribution is 6.27. The standard InChI is InChI=1S/C21H22N2O2/c1-2-19(24)22-17-11-12-18-20-15(17)9-6-10-16(20)21(25)23(18)13-14-7-4-3-5-8-14/h2,6,9-12,14H,1,3-5,7-8,13H2,(H,22,24). The molecule has 2 amide bonds. The minimum absolute atomic E-state index is 0.0818. The summed E-state index contributed by atoms with van der Waals surface area (Å²) in [4.78, 5) is 26.6. The van der Waals surface area contributed by atoms with Crippen LogP contribution in [0.15, 0.2) is 43.0 Å². The Hall–Kier alpha value is -2.62. The molecule has 2 aromatic rings. The number of nitrogens with one attached hydrogen (secondary N) is 1. The van der Waals surface area contributed by atoms with Gasteiger partial charge in [0.15, 0.2) is 0 Å². The van der Waals surface area contributed by atoms with Crippen LogP contribution in [0.3, 0.4) is 0 Å². The molecule has 0 spiro atoms. The summed E-state index contributed by atoms with van der Waals surface area (Å²) in [5, 5.41) is 4.70. The predicted molar refractivity (Wildman–Crippen MR) is 101 cm³/mol. The number of carbonyl (C=O) groups is 2. The zero-order valence-corrected chi connectivity index (χ0v) is 14.3. The molecule has 1 N–H and O–H groups in total. The average Bonchev–Trinajstić information content (AvgIpc) is 2.92. The molecule has 0 aromatic heterocycles. The van der Waals surface area contributed by atoms with Crippen molar-refractivity contribution in [2.24, 2.45) is 5.92 Å². The molecule has 4 nitrogen and oxygen atoms in total. The lowest BCUT2D eigenvalue weighted by molar-refractivity contribution is -0.111. The molecule has 1 heterocycles. The van der Waals surface area contributed by atoms with E-state index in [9.17, 15) is 9.59 Å². The Kier molecular flexibility index (Phi) is 4.04. The molecule has 4 heteroatoms. The first kappa shape index (κ1) is 15.9. The van der Waals surface area contributed by atoms with E-state index in [1.54, 1.807) is 0 Å². The predicted octanol–water partition coefficient (Wildman–Crippen LogP) is 4.50. The fourth-order valence-electron chi connectivity index (χ4n) is 4.15. The van der Waals surface area contributed by atoms with E-state index in [0.29, 0.717) is 5.92 Å². The van der Waals surface area contributed by atoms with E-state index < -0.39 is 0 Å². The van der Waals surface area contributed by atoms with E-state index >= 15 is 0 Å². The van der Waals surface area contributed by atoms with Gasteiger partial charge in [0.05, 0.1) is 5.69 Å². The summed E-state index contributed by atoms with van der Waals surface area (Å²) < 4.78 is 0. The third kappa shape index (κ3) is 2.72. The third-order valence-electron chi connectivity index (χ3n) is 5.39. The van der Waals surface area contributed by atoms with E-state index in [-0.39, 0.29) is 11.8 Å². The maximum Gasteiger partial charge on any atom is 0.259 e. The van der Waals surface area contributed by atoms with Crippen LogP contribution in [0, 0.1) is 5.92 Å². The maximum absolute atomic E-state index is 13.0. The quantitative estimate of drug-likeness (QED) is 0.837. The molecule has 0 radical (unpaired) electrons. The lowest BCUT2D eigenvalue weighted by Gasteiger charge is -2.27. The van der Waals surface area contributed by atoms with Crippen molar-refractivity contribution >= 4 is 34.0 Å². The molecule has 0 saturated heterocycles. The van der Waals surface area contributed by atoms with Gasteiger partial charge in [-0.2, -0.15) is 0 Å². The summed E-state index contributed by atoms with van der Waals surface area (Å²) in [6.45, 7) is 4.29. The van der Waals surface area contributed by atoms with E-state index in [2.05, 4.69) is 11.9 Å². The van der Waals surface area contributed by atoms with Crippen LogP contribution >= 0.6 is 0 Å². The van der Waals surface area contributed by atoms with Crippen LogP contribution in [-0.2, 0) is 4.79 Å². The molecule has 1 aliphatic heterocycles. The van der Waals surface area contributed by atoms with Gasteiger partial charge in [0.2, 0.25) is 5.91 Å². The largest absolute Gasteiger partial charge is 0.322 e. The topological polar surface area (TPSA) is 49.4 Å². The van der Waals surface area contributed by atoms with Gasteiger partial charge in [-0.25, -0.2) is 0 Å². The number of hydrogen-bond donors (Lipinski definition) is 1. The molecule has 0 unspecified atom stereocenters. The second-order valence-electron chi connectivity index (χ2n) is 6.97. The molecule has 1 fully saturated rings. The van der Waals surface area contributed by atoms with Gasteiger partial charge in [-0.3, -0.25) is 9.59 Å². The lowest BCUT2D eigenvalue weighted by Crippen LogP contribution is -2.33. The zero-order valence-electron chi connectivity index (χ0n) is 14.3. The maximum atomic E-state index is 13.0. The average molecular weight is 334 g/mol. The van der Waals surface area contributed by atoms with Crippen molar-refractivity contribution in [2.45, 2.75) is 32.1 Å². The molecular weight excluding hydrogens is 312 g/mol. The van der Waals surface area contributed by atoms with E-state index in [4.69, 9.17) is 0 Å². The number of benzene rings is 2. The third-order valence-corrected chi connectivity index (χ3v) is 5.39. The van der Waals surface area contributed by atoms with Crippen molar-refractivity contribution in [2.75, 3.05) is 16.8 Å². The Morgan fingerprint density at radius 2 is 2.00 bits per heavy atom. The van der Waals surface area contributed by atoms with Crippen LogP contribution in [0.4, 0.5) is 11.4 Å². The van der Waals surface area contributed by atoms with Crippen molar-refractivity contribution in [3.8, 4) is 0 Å². The number of nitrogens with zero attached hydrogens (tertiary/aromatic N) is 1. The molecular formula is C21H22N2O2. The van der Waals surface area contributed by atoms with Crippen LogP contribution < -0.4 is 10.2 Å². The van der Waals surface area contributed by atoms with Gasteiger partial charge in [-0.15, -0.1) is 0 Å². The van der Waals surface area contributed by atoms with Gasteiger partial charge < -0.3 is 10.2 Å². The molecule has 4 rings (SSSR count). The Labute approximate surface area is 147 Å². The fraction of sp³-hybridized carbons (Fsp3) is 0.333. The van der Waals surface area contributed by atoms with Gasteiger partial charge in [-0.1, -0.05) is 38.0 Å². The van der Waals surface area contributed by atoms with Crippen LogP contribution in [0.25, 0.3) is 10.8 Å². The number of rotatable bonds is 4. The van der Waals surface area contributed by atoms with Gasteiger partial charge in [0.25, 0.3) is 5.91 Å². The minimum atomic E-state index is -0.246. The highest BCUT2D eigenvalue weighted by atomic mass is 16.2. The number of carbonyl (C=O) groups excluding carboxylic acids is 2. The normalized spacial score (nSPS) is 17.1. The van der Waals surface area contributed by atoms with E-state index in [1.807, 2.05) is 35.2 Å². The summed E-state index contributed by atoms with van der Waals surface area (Å²) in [5.41, 5.74) is 2.42. The second-order valence-corrected chi connectivity index (χ2v) is 6.97. The highest BCUT2D eigenvalue weighted by Gasteiger charge is 2.32. The molecule has 2 aliphatic rings. The van der Waals surface area contributed by atoms with E-state index in [0.717, 1.165) is 34.3 Å². The molecule has 1 saturated carbocycles. The Morgan fingerprint density at radius 1 is 1.20 bits per heavy atom. The van der Waals surface area contributed by atoms with Gasteiger partial charge in [0, 0.05) is 28.6 Å². The van der Waals surface area contributed by atoms with Gasteiger partial charge >= 0.3 is 0 Å². The molecule has 128 valence electrons. The van der Waals surface area contributed by atoms with Crippen LogP contribution in [0.1, 0.15) is 42.5 Å². The summed E-state index contributed by atoms with van der Waals surface area (Å²) in [6.07, 6.45) is 7.51. The van der Waals surface area contributed by atoms with Crippen LogP contribution in [-0.4, -0.2) is 18.4 Å². The zero-order chi connectivity index (χ0) is 17.4. The van der Waals surface area contributed by atoms with Crippen molar-refractivity contribution < 1.29 is 9.59 Å². The number of anilines is 2. The highest BCUT2D eigenvalue weighted by Crippen LogP contribution is 2.41. The second kappa shape index (κ2) is 6.36. The first-order valence-corrected chi connectivity index (χ1v) is 9.00. The molecule has 2 aromatic carbocycles. The summed E-state index contributed by atoms with van der Waals surface area (Å²) in [5.74, 6) is 0.421. The summed E-state index contributed by atoms with van der Waals surface area (Å²) in [7, 11) is 0. The molecule has 25 heavy (non-hydrogen) atoms. The fourth-order valence-corrected chi connectivity index (χ4v) is 4.15. The van der Waals surface area contributed by atoms with Gasteiger partial charge in [0.1, 0.15) is 0 Å². The van der Waals surface area contributed by atoms with Crippen molar-refractivity contribution in [1.29, 1.82) is 0 Å². The number of hydrogen-bond acceptors (Lipinski definition) is 2. The van der Waals surface area contributed by atoms with Crippen LogP contribution in [0.5, 0.6) is 0 Å². The van der Waals surface area contributed by atoms with Gasteiger partial charge in [-0.05, 0) is 43.0 Å². The lowest BCUT2D eigenvalue weighted by atomic mass is 9.89. The summed E-state index contributed by atoms with van der Waals surface area (Å²) in [6, 6.07) is 9.56. The van der Waals surface area contributed by atoms with Crippen molar-refractivity contribution in [1.82, 2.24) is 0 Å². The molecule has 0 bridgehead atoms. The number of amides is 2. The van der Waals surface area contributed by atoms with Crippen molar-refractivity contribution in [3.63, 3.8) is 0 Å². The molecule has 0 atom stereocenters. The first-order chi connectivity index (χ1) is 12.2. The Bertz CT molecular complexity index is 866.